The Morgan fingerprint density at radius 1 is 1.36 bits per heavy atom. The quantitative estimate of drug-likeness (QED) is 0.784. The monoisotopic (exact) mass is 403 g/mol. The highest BCUT2D eigenvalue weighted by molar-refractivity contribution is 7.13. The van der Waals surface area contributed by atoms with Crippen LogP contribution in [0.15, 0.2) is 6.33 Å². The molecule has 7 nitrogen and oxygen atoms in total. The summed E-state index contributed by atoms with van der Waals surface area (Å²) in [4.78, 5) is 20.5. The van der Waals surface area contributed by atoms with Gasteiger partial charge in [0, 0.05) is 44.2 Å². The molecule has 1 amide bonds. The van der Waals surface area contributed by atoms with Crippen molar-refractivity contribution in [3.63, 3.8) is 0 Å². The molecule has 1 spiro atoms. The Labute approximate surface area is 170 Å². The van der Waals surface area contributed by atoms with Crippen molar-refractivity contribution in [2.24, 2.45) is 11.3 Å². The van der Waals surface area contributed by atoms with Crippen LogP contribution in [0.3, 0.4) is 0 Å². The molecule has 1 unspecified atom stereocenters. The SMILES string of the molecule is Cc1nc(C)c(C(=O)N2CC(c3nncn3CC(C)C)C3(CCOCC3)C2)s1. The van der Waals surface area contributed by atoms with Gasteiger partial charge in [-0.05, 0) is 32.6 Å². The Morgan fingerprint density at radius 2 is 2.11 bits per heavy atom. The molecule has 2 saturated heterocycles. The lowest BCUT2D eigenvalue weighted by molar-refractivity contribution is 0.0107. The summed E-state index contributed by atoms with van der Waals surface area (Å²) in [6.45, 7) is 12.1. The third kappa shape index (κ3) is 3.48. The molecule has 4 rings (SSSR count). The molecule has 2 fully saturated rings. The zero-order valence-electron chi connectivity index (χ0n) is 17.1. The second kappa shape index (κ2) is 7.55. The van der Waals surface area contributed by atoms with E-state index in [-0.39, 0.29) is 17.2 Å². The van der Waals surface area contributed by atoms with Gasteiger partial charge in [-0.25, -0.2) is 4.98 Å². The molecule has 2 aliphatic rings. The zero-order chi connectivity index (χ0) is 19.9. The van der Waals surface area contributed by atoms with Crippen LogP contribution in [0.4, 0.5) is 0 Å². The normalized spacial score (nSPS) is 21.8. The lowest BCUT2D eigenvalue weighted by atomic mass is 9.71. The fraction of sp³-hybridized carbons (Fsp3) is 0.700. The van der Waals surface area contributed by atoms with Gasteiger partial charge in [0.25, 0.3) is 5.91 Å². The summed E-state index contributed by atoms with van der Waals surface area (Å²) in [6, 6.07) is 0. The minimum Gasteiger partial charge on any atom is -0.381 e. The molecule has 2 aromatic heterocycles. The van der Waals surface area contributed by atoms with Gasteiger partial charge in [-0.2, -0.15) is 0 Å². The van der Waals surface area contributed by atoms with Crippen LogP contribution >= 0.6 is 11.3 Å². The van der Waals surface area contributed by atoms with E-state index < -0.39 is 0 Å². The van der Waals surface area contributed by atoms with E-state index in [0.717, 1.165) is 60.5 Å². The Balaban J connectivity index is 1.66. The third-order valence-electron chi connectivity index (χ3n) is 6.04. The lowest BCUT2D eigenvalue weighted by Gasteiger charge is -2.37. The number of amides is 1. The zero-order valence-corrected chi connectivity index (χ0v) is 18.0. The highest BCUT2D eigenvalue weighted by Crippen LogP contribution is 2.49. The highest BCUT2D eigenvalue weighted by atomic mass is 32.1. The first-order chi connectivity index (χ1) is 13.4. The summed E-state index contributed by atoms with van der Waals surface area (Å²) >= 11 is 1.49. The largest absolute Gasteiger partial charge is 0.381 e. The number of aromatic nitrogens is 4. The van der Waals surface area contributed by atoms with E-state index in [1.54, 1.807) is 0 Å². The molecule has 0 radical (unpaired) electrons. The second-order valence-corrected chi connectivity index (χ2v) is 9.80. The molecule has 0 bridgehead atoms. The van der Waals surface area contributed by atoms with Crippen molar-refractivity contribution in [2.75, 3.05) is 26.3 Å². The third-order valence-corrected chi connectivity index (χ3v) is 7.10. The Hall–Kier alpha value is -1.80. The topological polar surface area (TPSA) is 73.1 Å². The van der Waals surface area contributed by atoms with E-state index in [2.05, 4.69) is 33.6 Å². The summed E-state index contributed by atoms with van der Waals surface area (Å²) < 4.78 is 7.85. The number of hydrogen-bond donors (Lipinski definition) is 0. The maximum atomic E-state index is 13.3. The summed E-state index contributed by atoms with van der Waals surface area (Å²) in [5, 5.41) is 9.67. The molecule has 0 aromatic carbocycles. The Bertz CT molecular complexity index is 853. The number of likely N-dealkylation sites (tertiary alicyclic amines) is 1. The molecule has 152 valence electrons. The van der Waals surface area contributed by atoms with Gasteiger partial charge >= 0.3 is 0 Å². The van der Waals surface area contributed by atoms with E-state index in [1.165, 1.54) is 11.3 Å². The van der Waals surface area contributed by atoms with E-state index >= 15 is 0 Å². The number of thiazole rings is 1. The fourth-order valence-electron chi connectivity index (χ4n) is 4.70. The number of carbonyl (C=O) groups is 1. The van der Waals surface area contributed by atoms with E-state index in [4.69, 9.17) is 4.74 Å². The first kappa shape index (κ1) is 19.5. The highest BCUT2D eigenvalue weighted by Gasteiger charge is 2.51. The van der Waals surface area contributed by atoms with Crippen LogP contribution in [0.2, 0.25) is 0 Å². The molecule has 0 N–H and O–H groups in total. The second-order valence-electron chi connectivity index (χ2n) is 8.60. The van der Waals surface area contributed by atoms with Gasteiger partial charge in [-0.3, -0.25) is 4.79 Å². The predicted molar refractivity (Wildman–Crippen MR) is 108 cm³/mol. The molecule has 8 heteroatoms. The number of aryl methyl sites for hydroxylation is 2. The van der Waals surface area contributed by atoms with E-state index in [9.17, 15) is 4.79 Å². The van der Waals surface area contributed by atoms with Crippen LogP contribution in [0.1, 0.15) is 58.8 Å². The number of carbonyl (C=O) groups excluding carboxylic acids is 1. The number of rotatable bonds is 4. The Kier molecular flexibility index (Phi) is 5.26. The Morgan fingerprint density at radius 3 is 2.75 bits per heavy atom. The average molecular weight is 404 g/mol. The molecule has 28 heavy (non-hydrogen) atoms. The molecule has 4 heterocycles. The standard InChI is InChI=1S/C20H29N5O2S/c1-13(2)9-25-12-21-23-18(25)16-10-24(11-20(16)5-7-27-8-6-20)19(26)17-14(3)22-15(4)28-17/h12-13,16H,5-11H2,1-4H3. The minimum absolute atomic E-state index is 0.0172. The predicted octanol–water partition coefficient (Wildman–Crippen LogP) is 3.04. The van der Waals surface area contributed by atoms with Crippen molar-refractivity contribution in [3.8, 4) is 0 Å². The van der Waals surface area contributed by atoms with Gasteiger partial charge in [0.2, 0.25) is 0 Å². The van der Waals surface area contributed by atoms with Gasteiger partial charge < -0.3 is 14.2 Å². The van der Waals surface area contributed by atoms with Gasteiger partial charge in [-0.1, -0.05) is 13.8 Å². The van der Waals surface area contributed by atoms with Crippen molar-refractivity contribution in [1.29, 1.82) is 0 Å². The minimum atomic E-state index is 0.0172. The molecule has 2 aliphatic heterocycles. The first-order valence-electron chi connectivity index (χ1n) is 10.1. The van der Waals surface area contributed by atoms with Crippen LogP contribution in [0, 0.1) is 25.2 Å². The molecule has 2 aromatic rings. The van der Waals surface area contributed by atoms with Gasteiger partial charge in [-0.15, -0.1) is 21.5 Å². The lowest BCUT2D eigenvalue weighted by Crippen LogP contribution is -2.37. The molecule has 1 atom stereocenters. The van der Waals surface area contributed by atoms with Gasteiger partial charge in [0.1, 0.15) is 17.0 Å². The fourth-order valence-corrected chi connectivity index (χ4v) is 5.59. The number of ether oxygens (including phenoxy) is 1. The van der Waals surface area contributed by atoms with E-state index in [1.807, 2.05) is 25.1 Å². The van der Waals surface area contributed by atoms with E-state index in [0.29, 0.717) is 12.5 Å². The first-order valence-corrected chi connectivity index (χ1v) is 10.9. The maximum absolute atomic E-state index is 13.3. The summed E-state index contributed by atoms with van der Waals surface area (Å²) in [5.74, 6) is 1.83. The molecular weight excluding hydrogens is 374 g/mol. The van der Waals surface area contributed by atoms with Crippen molar-refractivity contribution >= 4 is 17.2 Å². The molecule has 0 saturated carbocycles. The van der Waals surface area contributed by atoms with Crippen LogP contribution in [0.25, 0.3) is 0 Å². The number of nitrogens with zero attached hydrogens (tertiary/aromatic N) is 5. The van der Waals surface area contributed by atoms with Crippen LogP contribution < -0.4 is 0 Å². The molecular formula is C20H29N5O2S. The van der Waals surface area contributed by atoms with Crippen LogP contribution in [-0.2, 0) is 11.3 Å². The number of hydrogen-bond acceptors (Lipinski definition) is 6. The maximum Gasteiger partial charge on any atom is 0.265 e. The van der Waals surface area contributed by atoms with Crippen molar-refractivity contribution < 1.29 is 9.53 Å². The van der Waals surface area contributed by atoms with Gasteiger partial charge in [0.05, 0.1) is 10.7 Å². The summed E-state index contributed by atoms with van der Waals surface area (Å²) in [6.07, 6.45) is 3.75. The van der Waals surface area contributed by atoms with Crippen molar-refractivity contribution in [2.45, 2.75) is 53.0 Å². The van der Waals surface area contributed by atoms with Gasteiger partial charge in [0.15, 0.2) is 0 Å². The average Bonchev–Trinajstić information content (AvgIpc) is 3.32. The summed E-state index contributed by atoms with van der Waals surface area (Å²) in [5.41, 5.74) is 0.850. The smallest absolute Gasteiger partial charge is 0.265 e. The van der Waals surface area contributed by atoms with Crippen LogP contribution in [-0.4, -0.2) is 56.9 Å². The van der Waals surface area contributed by atoms with Crippen molar-refractivity contribution in [3.05, 3.63) is 27.7 Å². The van der Waals surface area contributed by atoms with Crippen molar-refractivity contribution in [1.82, 2.24) is 24.6 Å². The summed E-state index contributed by atoms with van der Waals surface area (Å²) in [7, 11) is 0. The molecule has 0 aliphatic carbocycles. The van der Waals surface area contributed by atoms with Crippen LogP contribution in [0.5, 0.6) is 0 Å².